The molecule has 0 aromatic carbocycles. The van der Waals surface area contributed by atoms with E-state index in [4.69, 9.17) is 5.11 Å². The number of aromatic nitrogens is 2. The topological polar surface area (TPSA) is 70.1 Å². The number of aliphatic hydroxyl groups excluding tert-OH is 1. The van der Waals surface area contributed by atoms with Crippen LogP contribution in [0.3, 0.4) is 0 Å². The first kappa shape index (κ1) is 14.7. The van der Waals surface area contributed by atoms with E-state index in [0.29, 0.717) is 6.42 Å². The summed E-state index contributed by atoms with van der Waals surface area (Å²) in [4.78, 5) is 8.63. The van der Waals surface area contributed by atoms with Crippen LogP contribution in [0, 0.1) is 0 Å². The fourth-order valence-electron chi connectivity index (χ4n) is 1.65. The summed E-state index contributed by atoms with van der Waals surface area (Å²) >= 11 is 0. The third kappa shape index (κ3) is 4.49. The maximum Gasteiger partial charge on any atom is 0.147 e. The van der Waals surface area contributed by atoms with Crippen molar-refractivity contribution in [3.05, 3.63) is 12.4 Å². The van der Waals surface area contributed by atoms with Gasteiger partial charge in [-0.2, -0.15) is 0 Å². The molecule has 0 bridgehead atoms. The molecule has 1 rings (SSSR count). The highest BCUT2D eigenvalue weighted by Gasteiger charge is 2.21. The Labute approximate surface area is 109 Å². The van der Waals surface area contributed by atoms with Gasteiger partial charge in [0.1, 0.15) is 11.6 Å². The smallest absolute Gasteiger partial charge is 0.147 e. The van der Waals surface area contributed by atoms with Crippen LogP contribution in [-0.2, 0) is 0 Å². The molecule has 102 valence electrons. The minimum Gasteiger partial charge on any atom is -0.396 e. The van der Waals surface area contributed by atoms with Crippen LogP contribution in [0.1, 0.15) is 40.0 Å². The first-order valence-corrected chi connectivity index (χ1v) is 6.58. The zero-order chi connectivity index (χ0) is 13.4. The monoisotopic (exact) mass is 252 g/mol. The van der Waals surface area contributed by atoms with Crippen LogP contribution in [0.4, 0.5) is 11.6 Å². The van der Waals surface area contributed by atoms with Crippen molar-refractivity contribution in [2.75, 3.05) is 23.8 Å². The van der Waals surface area contributed by atoms with Crippen molar-refractivity contribution in [3.63, 3.8) is 0 Å². The summed E-state index contributed by atoms with van der Waals surface area (Å²) in [5, 5.41) is 15.7. The Morgan fingerprint density at radius 2 is 2.00 bits per heavy atom. The fraction of sp³-hybridized carbons (Fsp3) is 0.692. The van der Waals surface area contributed by atoms with Gasteiger partial charge in [-0.25, -0.2) is 4.98 Å². The molecule has 3 N–H and O–H groups in total. The lowest BCUT2D eigenvalue weighted by Crippen LogP contribution is -2.35. The highest BCUT2D eigenvalue weighted by atomic mass is 16.3. The fourth-order valence-corrected chi connectivity index (χ4v) is 1.65. The minimum absolute atomic E-state index is 0.146. The number of nitrogens with one attached hydrogen (secondary N) is 2. The van der Waals surface area contributed by atoms with E-state index in [1.165, 1.54) is 0 Å². The van der Waals surface area contributed by atoms with Crippen LogP contribution in [0.15, 0.2) is 12.4 Å². The molecule has 0 amide bonds. The lowest BCUT2D eigenvalue weighted by atomic mass is 9.95. The van der Waals surface area contributed by atoms with Gasteiger partial charge in [-0.15, -0.1) is 0 Å². The van der Waals surface area contributed by atoms with Gasteiger partial charge >= 0.3 is 0 Å². The SMILES string of the molecule is CCCNc1cncc(NC(C)(CC)CCO)n1. The molecule has 0 aliphatic heterocycles. The molecule has 1 heterocycles. The van der Waals surface area contributed by atoms with Crippen LogP contribution >= 0.6 is 0 Å². The number of nitrogens with zero attached hydrogens (tertiary/aromatic N) is 2. The number of hydrogen-bond acceptors (Lipinski definition) is 5. The van der Waals surface area contributed by atoms with Crippen molar-refractivity contribution < 1.29 is 5.11 Å². The van der Waals surface area contributed by atoms with Gasteiger partial charge in [-0.1, -0.05) is 13.8 Å². The van der Waals surface area contributed by atoms with Crippen molar-refractivity contribution in [2.24, 2.45) is 0 Å². The second-order valence-corrected chi connectivity index (χ2v) is 4.73. The Bertz CT molecular complexity index is 359. The lowest BCUT2D eigenvalue weighted by molar-refractivity contribution is 0.252. The third-order valence-electron chi connectivity index (χ3n) is 3.06. The molecule has 5 heteroatoms. The largest absolute Gasteiger partial charge is 0.396 e. The van der Waals surface area contributed by atoms with Gasteiger partial charge in [0.15, 0.2) is 0 Å². The summed E-state index contributed by atoms with van der Waals surface area (Å²) in [6.45, 7) is 7.34. The third-order valence-corrected chi connectivity index (χ3v) is 3.06. The van der Waals surface area contributed by atoms with Crippen LogP contribution < -0.4 is 10.6 Å². The standard InChI is InChI=1S/C13H24N4O/c1-4-7-15-11-9-14-10-12(16-11)17-13(3,5-2)6-8-18/h9-10,18H,4-8H2,1-3H3,(H2,15,16,17). The van der Waals surface area contributed by atoms with Gasteiger partial charge < -0.3 is 15.7 Å². The first-order chi connectivity index (χ1) is 8.63. The normalized spacial score (nSPS) is 14.0. The van der Waals surface area contributed by atoms with E-state index in [0.717, 1.165) is 31.0 Å². The summed E-state index contributed by atoms with van der Waals surface area (Å²) in [7, 11) is 0. The molecular formula is C13H24N4O. The van der Waals surface area contributed by atoms with E-state index in [1.54, 1.807) is 12.4 Å². The average Bonchev–Trinajstić information content (AvgIpc) is 2.37. The molecule has 0 spiro atoms. The molecule has 1 aromatic heterocycles. The van der Waals surface area contributed by atoms with Gasteiger partial charge in [0.2, 0.25) is 0 Å². The summed E-state index contributed by atoms with van der Waals surface area (Å²) in [5.41, 5.74) is -0.146. The molecule has 0 saturated heterocycles. The number of anilines is 2. The first-order valence-electron chi connectivity index (χ1n) is 6.58. The van der Waals surface area contributed by atoms with Crippen LogP contribution in [0.2, 0.25) is 0 Å². The summed E-state index contributed by atoms with van der Waals surface area (Å²) < 4.78 is 0. The van der Waals surface area contributed by atoms with E-state index in [-0.39, 0.29) is 12.1 Å². The average molecular weight is 252 g/mol. The van der Waals surface area contributed by atoms with Crippen LogP contribution in [0.25, 0.3) is 0 Å². The number of rotatable bonds is 8. The lowest BCUT2D eigenvalue weighted by Gasteiger charge is -2.29. The molecule has 1 aromatic rings. The molecule has 0 aliphatic carbocycles. The number of aliphatic hydroxyl groups is 1. The second-order valence-electron chi connectivity index (χ2n) is 4.73. The Balaban J connectivity index is 2.71. The zero-order valence-electron chi connectivity index (χ0n) is 11.5. The van der Waals surface area contributed by atoms with E-state index in [2.05, 4.69) is 41.4 Å². The van der Waals surface area contributed by atoms with Gasteiger partial charge in [0, 0.05) is 18.7 Å². The van der Waals surface area contributed by atoms with Gasteiger partial charge in [-0.05, 0) is 26.2 Å². The summed E-state index contributed by atoms with van der Waals surface area (Å²) in [6, 6.07) is 0. The van der Waals surface area contributed by atoms with Crippen molar-refractivity contribution >= 4 is 11.6 Å². The predicted molar refractivity (Wildman–Crippen MR) is 74.8 cm³/mol. The van der Waals surface area contributed by atoms with Gasteiger partial charge in [-0.3, -0.25) is 4.98 Å². The van der Waals surface area contributed by atoms with Crippen LogP contribution in [-0.4, -0.2) is 33.8 Å². The molecule has 1 unspecified atom stereocenters. The van der Waals surface area contributed by atoms with Crippen molar-refractivity contribution in [1.29, 1.82) is 0 Å². The Kier molecular flexibility index (Phi) is 5.85. The van der Waals surface area contributed by atoms with E-state index in [9.17, 15) is 0 Å². The van der Waals surface area contributed by atoms with Gasteiger partial charge in [0.25, 0.3) is 0 Å². The quantitative estimate of drug-likeness (QED) is 0.662. The van der Waals surface area contributed by atoms with Crippen LogP contribution in [0.5, 0.6) is 0 Å². The second kappa shape index (κ2) is 7.16. The zero-order valence-corrected chi connectivity index (χ0v) is 11.5. The van der Waals surface area contributed by atoms with E-state index in [1.807, 2.05) is 0 Å². The van der Waals surface area contributed by atoms with Crippen molar-refractivity contribution in [3.8, 4) is 0 Å². The van der Waals surface area contributed by atoms with Crippen molar-refractivity contribution in [2.45, 2.75) is 45.6 Å². The minimum atomic E-state index is -0.146. The Morgan fingerprint density at radius 3 is 2.61 bits per heavy atom. The Hall–Kier alpha value is -1.36. The maximum atomic E-state index is 9.09. The predicted octanol–water partition coefficient (Wildman–Crippen LogP) is 2.26. The summed E-state index contributed by atoms with van der Waals surface area (Å²) in [5.74, 6) is 1.53. The molecule has 0 saturated carbocycles. The molecule has 5 nitrogen and oxygen atoms in total. The number of hydrogen-bond donors (Lipinski definition) is 3. The molecule has 18 heavy (non-hydrogen) atoms. The van der Waals surface area contributed by atoms with Crippen molar-refractivity contribution in [1.82, 2.24) is 9.97 Å². The molecule has 0 fully saturated rings. The molecule has 1 atom stereocenters. The van der Waals surface area contributed by atoms with E-state index >= 15 is 0 Å². The molecular weight excluding hydrogens is 228 g/mol. The highest BCUT2D eigenvalue weighted by Crippen LogP contribution is 2.20. The Morgan fingerprint density at radius 1 is 1.28 bits per heavy atom. The highest BCUT2D eigenvalue weighted by molar-refractivity contribution is 5.43. The maximum absolute atomic E-state index is 9.09. The molecule has 0 radical (unpaired) electrons. The molecule has 0 aliphatic rings. The summed E-state index contributed by atoms with van der Waals surface area (Å²) in [6.07, 6.45) is 6.09. The van der Waals surface area contributed by atoms with E-state index < -0.39 is 0 Å². The van der Waals surface area contributed by atoms with Gasteiger partial charge in [0.05, 0.1) is 12.4 Å².